The summed E-state index contributed by atoms with van der Waals surface area (Å²) in [6, 6.07) is 28.7. The maximum Gasteiger partial charge on any atom is 0.335 e. The quantitative estimate of drug-likeness (QED) is 0.212. The van der Waals surface area contributed by atoms with E-state index in [1.165, 1.54) is 0 Å². The predicted molar refractivity (Wildman–Crippen MR) is 150 cm³/mol. The summed E-state index contributed by atoms with van der Waals surface area (Å²) < 4.78 is 5.90. The molecular formula is C32H22N2O5. The molecule has 1 heterocycles. The number of aromatic carboxylic acids is 2. The second-order valence-corrected chi connectivity index (χ2v) is 8.68. The molecule has 0 spiro atoms. The van der Waals surface area contributed by atoms with Gasteiger partial charge in [-0.25, -0.2) is 9.59 Å². The third-order valence-corrected chi connectivity index (χ3v) is 5.99. The lowest BCUT2D eigenvalue weighted by molar-refractivity contribution is 0.0686. The molecule has 1 aromatic heterocycles. The molecule has 2 N–H and O–H groups in total. The minimum atomic E-state index is -0.946. The highest BCUT2D eigenvalue weighted by Gasteiger charge is 2.10. The Kier molecular flexibility index (Phi) is 7.23. The van der Waals surface area contributed by atoms with Gasteiger partial charge in [0.15, 0.2) is 0 Å². The SMILES string of the molecule is O=C(O)c1ccc(C=Cc2ccc(-c3nnc(-c4ccc(C=Cc5ccc(C(=O)O)cc5)cc4)o3)cc2)cc1. The highest BCUT2D eigenvalue weighted by molar-refractivity contribution is 5.88. The fourth-order valence-corrected chi connectivity index (χ4v) is 3.79. The highest BCUT2D eigenvalue weighted by atomic mass is 16.4. The number of benzene rings is 4. The van der Waals surface area contributed by atoms with Crippen molar-refractivity contribution in [2.75, 3.05) is 0 Å². The Morgan fingerprint density at radius 2 is 0.769 bits per heavy atom. The van der Waals surface area contributed by atoms with E-state index in [4.69, 9.17) is 14.6 Å². The van der Waals surface area contributed by atoms with Crippen LogP contribution < -0.4 is 0 Å². The smallest absolute Gasteiger partial charge is 0.335 e. The Hall–Kier alpha value is -5.56. The maximum absolute atomic E-state index is 11.0. The van der Waals surface area contributed by atoms with Gasteiger partial charge in [0.25, 0.3) is 0 Å². The Labute approximate surface area is 224 Å². The first-order valence-electron chi connectivity index (χ1n) is 12.0. The van der Waals surface area contributed by atoms with Crippen LogP contribution in [0, 0.1) is 0 Å². The number of carboxylic acids is 2. The molecule has 39 heavy (non-hydrogen) atoms. The monoisotopic (exact) mass is 514 g/mol. The number of carboxylic acid groups (broad SMARTS) is 2. The lowest BCUT2D eigenvalue weighted by atomic mass is 10.1. The molecule has 0 atom stereocenters. The summed E-state index contributed by atoms with van der Waals surface area (Å²) in [5.41, 5.74) is 5.86. The van der Waals surface area contributed by atoms with Crippen molar-refractivity contribution in [3.63, 3.8) is 0 Å². The van der Waals surface area contributed by atoms with Crippen LogP contribution in [0.4, 0.5) is 0 Å². The third-order valence-electron chi connectivity index (χ3n) is 5.99. The van der Waals surface area contributed by atoms with Gasteiger partial charge in [0.2, 0.25) is 11.8 Å². The Morgan fingerprint density at radius 3 is 1.05 bits per heavy atom. The van der Waals surface area contributed by atoms with E-state index in [-0.39, 0.29) is 11.1 Å². The van der Waals surface area contributed by atoms with Gasteiger partial charge in [0.05, 0.1) is 11.1 Å². The van der Waals surface area contributed by atoms with Crippen LogP contribution in [0.5, 0.6) is 0 Å². The van der Waals surface area contributed by atoms with E-state index in [0.29, 0.717) is 11.8 Å². The summed E-state index contributed by atoms with van der Waals surface area (Å²) in [6.45, 7) is 0. The number of hydrogen-bond acceptors (Lipinski definition) is 5. The first kappa shape index (κ1) is 25.1. The topological polar surface area (TPSA) is 114 Å². The lowest BCUT2D eigenvalue weighted by Gasteiger charge is -1.99. The molecule has 7 nitrogen and oxygen atoms in total. The van der Waals surface area contributed by atoms with Crippen molar-refractivity contribution < 1.29 is 24.2 Å². The first-order chi connectivity index (χ1) is 18.9. The summed E-state index contributed by atoms with van der Waals surface area (Å²) in [5.74, 6) is -1.06. The van der Waals surface area contributed by atoms with E-state index < -0.39 is 11.9 Å². The van der Waals surface area contributed by atoms with E-state index in [0.717, 1.165) is 33.4 Å². The number of hydrogen-bond donors (Lipinski definition) is 2. The van der Waals surface area contributed by atoms with Crippen molar-refractivity contribution in [3.05, 3.63) is 130 Å². The van der Waals surface area contributed by atoms with E-state index in [1.54, 1.807) is 48.5 Å². The van der Waals surface area contributed by atoms with Crippen LogP contribution in [0.1, 0.15) is 43.0 Å². The summed E-state index contributed by atoms with van der Waals surface area (Å²) in [5, 5.41) is 26.4. The first-order valence-corrected chi connectivity index (χ1v) is 12.0. The van der Waals surface area contributed by atoms with Crippen LogP contribution >= 0.6 is 0 Å². The van der Waals surface area contributed by atoms with Crippen LogP contribution in [0.2, 0.25) is 0 Å². The van der Waals surface area contributed by atoms with Crippen molar-refractivity contribution in [1.29, 1.82) is 0 Å². The average molecular weight is 515 g/mol. The van der Waals surface area contributed by atoms with Crippen LogP contribution in [0.3, 0.4) is 0 Å². The second-order valence-electron chi connectivity index (χ2n) is 8.68. The summed E-state index contributed by atoms with van der Waals surface area (Å²) in [6.07, 6.45) is 7.72. The molecule has 0 fully saturated rings. The van der Waals surface area contributed by atoms with E-state index >= 15 is 0 Å². The Morgan fingerprint density at radius 1 is 0.487 bits per heavy atom. The standard InChI is InChI=1S/C32H22N2O5/c35-31(36)27-17-9-23(10-18-27)3-1-21-5-13-25(14-6-21)29-33-34-30(39-29)26-15-7-22(8-16-26)2-4-24-11-19-28(20-12-24)32(37)38/h1-20H,(H,35,36)(H,37,38). The summed E-state index contributed by atoms with van der Waals surface area (Å²) in [4.78, 5) is 22.0. The molecule has 0 aliphatic carbocycles. The van der Waals surface area contributed by atoms with Crippen molar-refractivity contribution >= 4 is 36.2 Å². The Bertz CT molecular complexity index is 1540. The van der Waals surface area contributed by atoms with Gasteiger partial charge in [-0.3, -0.25) is 0 Å². The van der Waals surface area contributed by atoms with Gasteiger partial charge in [-0.05, 0) is 70.8 Å². The zero-order valence-corrected chi connectivity index (χ0v) is 20.6. The lowest BCUT2D eigenvalue weighted by Crippen LogP contribution is -1.94. The molecule has 5 rings (SSSR count). The second kappa shape index (κ2) is 11.2. The number of aromatic nitrogens is 2. The Balaban J connectivity index is 1.22. The fraction of sp³-hybridized carbons (Fsp3) is 0. The molecule has 0 unspecified atom stereocenters. The van der Waals surface area contributed by atoms with E-state index in [1.807, 2.05) is 72.8 Å². The molecule has 0 aliphatic heterocycles. The van der Waals surface area contributed by atoms with Crippen molar-refractivity contribution in [2.45, 2.75) is 0 Å². The van der Waals surface area contributed by atoms with Crippen molar-refractivity contribution in [3.8, 4) is 22.9 Å². The van der Waals surface area contributed by atoms with Crippen molar-refractivity contribution in [1.82, 2.24) is 10.2 Å². The molecule has 0 saturated carbocycles. The van der Waals surface area contributed by atoms with Gasteiger partial charge in [-0.15, -0.1) is 10.2 Å². The zero-order chi connectivity index (χ0) is 27.2. The minimum Gasteiger partial charge on any atom is -0.478 e. The fourth-order valence-electron chi connectivity index (χ4n) is 3.79. The summed E-state index contributed by atoms with van der Waals surface area (Å²) in [7, 11) is 0. The largest absolute Gasteiger partial charge is 0.478 e. The number of nitrogens with zero attached hydrogens (tertiary/aromatic N) is 2. The molecule has 4 aromatic carbocycles. The van der Waals surface area contributed by atoms with Gasteiger partial charge in [-0.2, -0.15) is 0 Å². The van der Waals surface area contributed by atoms with Crippen LogP contribution in [0.25, 0.3) is 47.2 Å². The van der Waals surface area contributed by atoms with Crippen molar-refractivity contribution in [2.24, 2.45) is 0 Å². The number of rotatable bonds is 8. The predicted octanol–water partition coefficient (Wildman–Crippen LogP) is 7.14. The third kappa shape index (κ3) is 6.23. The molecular weight excluding hydrogens is 492 g/mol. The van der Waals surface area contributed by atoms with Gasteiger partial charge < -0.3 is 14.6 Å². The zero-order valence-electron chi connectivity index (χ0n) is 20.6. The molecule has 0 bridgehead atoms. The normalized spacial score (nSPS) is 11.3. The van der Waals surface area contributed by atoms with Crippen LogP contribution in [-0.4, -0.2) is 32.3 Å². The minimum absolute atomic E-state index is 0.255. The van der Waals surface area contributed by atoms with Crippen LogP contribution in [0.15, 0.2) is 101 Å². The number of carbonyl (C=O) groups is 2. The summed E-state index contributed by atoms with van der Waals surface area (Å²) >= 11 is 0. The molecule has 5 aromatic rings. The molecule has 190 valence electrons. The maximum atomic E-state index is 11.0. The van der Waals surface area contributed by atoms with Gasteiger partial charge in [-0.1, -0.05) is 72.8 Å². The van der Waals surface area contributed by atoms with Gasteiger partial charge >= 0.3 is 11.9 Å². The average Bonchev–Trinajstić information content (AvgIpc) is 3.46. The highest BCUT2D eigenvalue weighted by Crippen LogP contribution is 2.25. The van der Waals surface area contributed by atoms with Crippen LogP contribution in [-0.2, 0) is 0 Å². The molecule has 0 aliphatic rings. The van der Waals surface area contributed by atoms with E-state index in [9.17, 15) is 9.59 Å². The molecule has 0 radical (unpaired) electrons. The van der Waals surface area contributed by atoms with Gasteiger partial charge in [0.1, 0.15) is 0 Å². The molecule has 0 saturated heterocycles. The molecule has 0 amide bonds. The van der Waals surface area contributed by atoms with Gasteiger partial charge in [0, 0.05) is 11.1 Å². The van der Waals surface area contributed by atoms with E-state index in [2.05, 4.69) is 10.2 Å². The molecule has 7 heteroatoms.